The summed E-state index contributed by atoms with van der Waals surface area (Å²) in [5.41, 5.74) is 2.89. The number of halogens is 2. The number of hydrogen-bond donors (Lipinski definition) is 2. The Bertz CT molecular complexity index is 1040. The lowest BCUT2D eigenvalue weighted by Gasteiger charge is -2.20. The molecule has 28 heavy (non-hydrogen) atoms. The van der Waals surface area contributed by atoms with Crippen molar-refractivity contribution in [3.05, 3.63) is 38.6 Å². The van der Waals surface area contributed by atoms with Crippen LogP contribution in [0, 0.1) is 0 Å². The second-order valence-electron chi connectivity index (χ2n) is 7.51. The van der Waals surface area contributed by atoms with Crippen LogP contribution in [0.2, 0.25) is 5.02 Å². The Kier molecular flexibility index (Phi) is 5.72. The van der Waals surface area contributed by atoms with E-state index in [-0.39, 0.29) is 5.41 Å². The van der Waals surface area contributed by atoms with Crippen LogP contribution in [-0.4, -0.2) is 32.6 Å². The number of rotatable bonds is 5. The molecule has 7 nitrogen and oxygen atoms in total. The summed E-state index contributed by atoms with van der Waals surface area (Å²) in [6.45, 7) is 8.83. The highest BCUT2D eigenvalue weighted by molar-refractivity contribution is 9.10. The van der Waals surface area contributed by atoms with Gasteiger partial charge < -0.3 is 10.1 Å². The number of carbonyl (C=O) groups excluding carboxylic acids is 1. The summed E-state index contributed by atoms with van der Waals surface area (Å²) in [4.78, 5) is 12.1. The van der Waals surface area contributed by atoms with Crippen molar-refractivity contribution in [1.29, 1.82) is 0 Å². The Labute approximate surface area is 176 Å². The highest BCUT2D eigenvalue weighted by Crippen LogP contribution is 2.35. The summed E-state index contributed by atoms with van der Waals surface area (Å²) in [6, 6.07) is 3.95. The predicted molar refractivity (Wildman–Crippen MR) is 114 cm³/mol. The molecule has 0 atom stereocenters. The van der Waals surface area contributed by atoms with E-state index in [1.54, 1.807) is 14.0 Å². The number of nitrogens with zero attached hydrogens (tertiary/aromatic N) is 3. The molecule has 0 radical (unpaired) electrons. The zero-order valence-corrected chi connectivity index (χ0v) is 18.8. The number of aromatic nitrogens is 4. The number of aryl methyl sites for hydroxylation is 1. The minimum atomic E-state index is -0.412. The van der Waals surface area contributed by atoms with E-state index in [9.17, 15) is 4.79 Å². The average Bonchev–Trinajstić information content (AvgIpc) is 3.11. The number of fused-ring (bicyclic) bond motifs is 1. The highest BCUT2D eigenvalue weighted by Gasteiger charge is 2.22. The van der Waals surface area contributed by atoms with Gasteiger partial charge in [-0.05, 0) is 46.0 Å². The van der Waals surface area contributed by atoms with Crippen molar-refractivity contribution in [2.45, 2.75) is 39.7 Å². The van der Waals surface area contributed by atoms with Gasteiger partial charge in [-0.2, -0.15) is 10.2 Å². The number of ether oxygens (including phenoxy) is 1. The van der Waals surface area contributed by atoms with Crippen LogP contribution in [0.4, 0.5) is 5.82 Å². The molecule has 0 bridgehead atoms. The van der Waals surface area contributed by atoms with Crippen molar-refractivity contribution in [2.24, 2.45) is 7.05 Å². The molecular formula is C19H23BrClN5O2. The number of benzene rings is 1. The molecule has 0 aliphatic rings. The second kappa shape index (κ2) is 7.75. The molecule has 9 heteroatoms. The Morgan fingerprint density at radius 2 is 2.11 bits per heavy atom. The van der Waals surface area contributed by atoms with Gasteiger partial charge in [0.1, 0.15) is 0 Å². The van der Waals surface area contributed by atoms with Crippen LogP contribution in [-0.2, 0) is 23.7 Å². The average molecular weight is 469 g/mol. The smallest absolute Gasteiger partial charge is 0.357 e. The minimum Gasteiger partial charge on any atom is -0.461 e. The molecule has 0 unspecified atom stereocenters. The van der Waals surface area contributed by atoms with E-state index in [1.165, 1.54) is 4.68 Å². The van der Waals surface area contributed by atoms with E-state index in [1.807, 2.05) is 6.07 Å². The van der Waals surface area contributed by atoms with Crippen molar-refractivity contribution in [2.75, 3.05) is 11.9 Å². The summed E-state index contributed by atoms with van der Waals surface area (Å²) < 4.78 is 7.21. The number of H-pyrrole nitrogens is 1. The quantitative estimate of drug-likeness (QED) is 0.526. The fourth-order valence-electron chi connectivity index (χ4n) is 3.00. The fraction of sp³-hybridized carbons (Fsp3) is 0.421. The van der Waals surface area contributed by atoms with E-state index in [4.69, 9.17) is 16.3 Å². The van der Waals surface area contributed by atoms with Gasteiger partial charge >= 0.3 is 5.97 Å². The van der Waals surface area contributed by atoms with Crippen molar-refractivity contribution in [3.8, 4) is 0 Å². The lowest BCUT2D eigenvalue weighted by molar-refractivity contribution is 0.0512. The molecule has 0 saturated carbocycles. The predicted octanol–water partition coefficient (Wildman–Crippen LogP) is 4.80. The fourth-order valence-corrected chi connectivity index (χ4v) is 4.09. The monoisotopic (exact) mass is 467 g/mol. The van der Waals surface area contributed by atoms with Crippen molar-refractivity contribution in [1.82, 2.24) is 20.0 Å². The van der Waals surface area contributed by atoms with Crippen LogP contribution in [0.3, 0.4) is 0 Å². The van der Waals surface area contributed by atoms with Gasteiger partial charge in [0.2, 0.25) is 0 Å². The molecule has 0 spiro atoms. The van der Waals surface area contributed by atoms with E-state index >= 15 is 0 Å². The van der Waals surface area contributed by atoms with E-state index < -0.39 is 5.97 Å². The third kappa shape index (κ3) is 3.89. The third-order valence-electron chi connectivity index (χ3n) is 4.41. The topological polar surface area (TPSA) is 84.8 Å². The van der Waals surface area contributed by atoms with Gasteiger partial charge in [0.05, 0.1) is 28.8 Å². The molecule has 2 N–H and O–H groups in total. The lowest BCUT2D eigenvalue weighted by atomic mass is 9.86. The number of esters is 1. The molecule has 0 amide bonds. The first-order chi connectivity index (χ1) is 13.1. The largest absolute Gasteiger partial charge is 0.461 e. The van der Waals surface area contributed by atoms with E-state index in [0.29, 0.717) is 39.9 Å². The highest BCUT2D eigenvalue weighted by atomic mass is 79.9. The van der Waals surface area contributed by atoms with Crippen molar-refractivity contribution in [3.63, 3.8) is 0 Å². The van der Waals surface area contributed by atoms with Crippen LogP contribution in [0.25, 0.3) is 10.9 Å². The van der Waals surface area contributed by atoms with Gasteiger partial charge in [0, 0.05) is 17.5 Å². The van der Waals surface area contributed by atoms with Gasteiger partial charge in [-0.1, -0.05) is 32.4 Å². The maximum atomic E-state index is 12.1. The van der Waals surface area contributed by atoms with E-state index in [2.05, 4.69) is 63.4 Å². The first kappa shape index (κ1) is 20.7. The van der Waals surface area contributed by atoms with Crippen molar-refractivity contribution < 1.29 is 9.53 Å². The molecule has 0 saturated heterocycles. The Morgan fingerprint density at radius 3 is 2.75 bits per heavy atom. The molecule has 0 aliphatic heterocycles. The molecule has 150 valence electrons. The maximum absolute atomic E-state index is 12.1. The molecule has 1 aromatic carbocycles. The normalized spacial score (nSPS) is 11.8. The Balaban J connectivity index is 1.89. The number of aromatic amines is 1. The summed E-state index contributed by atoms with van der Waals surface area (Å²) in [5.74, 6) is 0.290. The number of anilines is 1. The van der Waals surface area contributed by atoms with Crippen LogP contribution in [0.5, 0.6) is 0 Å². The summed E-state index contributed by atoms with van der Waals surface area (Å²) in [7, 11) is 1.71. The third-order valence-corrected chi connectivity index (χ3v) is 5.55. The van der Waals surface area contributed by atoms with E-state index in [0.717, 1.165) is 16.5 Å². The van der Waals surface area contributed by atoms with Gasteiger partial charge in [-0.15, -0.1) is 0 Å². The molecular weight excluding hydrogens is 446 g/mol. The van der Waals surface area contributed by atoms with Gasteiger partial charge in [-0.25, -0.2) is 4.79 Å². The molecule has 3 aromatic rings. The molecule has 3 rings (SSSR count). The second-order valence-corrected chi connectivity index (χ2v) is 8.71. The Hall–Kier alpha value is -2.06. The lowest BCUT2D eigenvalue weighted by Crippen LogP contribution is -2.11. The molecule has 2 aromatic heterocycles. The zero-order chi connectivity index (χ0) is 20.6. The van der Waals surface area contributed by atoms with Crippen LogP contribution >= 0.6 is 27.5 Å². The number of carbonyl (C=O) groups is 1. The standard InChI is InChI=1S/C19H23BrClN5O2/c1-6-28-18(27)16-15(20)14(25-26(16)5)9-22-17-10-7-11(19(2,3)4)12(21)8-13(10)23-24-17/h7-8H,6,9H2,1-5H3,(H2,22,23,24). The van der Waals surface area contributed by atoms with Crippen molar-refractivity contribution >= 4 is 50.2 Å². The first-order valence-corrected chi connectivity index (χ1v) is 10.1. The van der Waals surface area contributed by atoms with Gasteiger partial charge in [0.15, 0.2) is 11.5 Å². The Morgan fingerprint density at radius 1 is 1.39 bits per heavy atom. The summed E-state index contributed by atoms with van der Waals surface area (Å²) in [6.07, 6.45) is 0. The minimum absolute atomic E-state index is 0.0850. The summed E-state index contributed by atoms with van der Waals surface area (Å²) >= 11 is 9.90. The molecule has 2 heterocycles. The van der Waals surface area contributed by atoms with Crippen LogP contribution in [0.15, 0.2) is 16.6 Å². The SMILES string of the molecule is CCOC(=O)c1c(Br)c(CNc2n[nH]c3cc(Cl)c(C(C)(C)C)cc23)nn1C. The molecule has 0 aliphatic carbocycles. The van der Waals surface area contributed by atoms with Gasteiger partial charge in [-0.3, -0.25) is 9.78 Å². The van der Waals surface area contributed by atoms with Crippen LogP contribution in [0.1, 0.15) is 49.4 Å². The number of hydrogen-bond acceptors (Lipinski definition) is 5. The first-order valence-electron chi connectivity index (χ1n) is 8.94. The van der Waals surface area contributed by atoms with Gasteiger partial charge in [0.25, 0.3) is 0 Å². The molecule has 0 fully saturated rings. The summed E-state index contributed by atoms with van der Waals surface area (Å²) in [5, 5.41) is 16.7. The number of nitrogens with one attached hydrogen (secondary N) is 2. The zero-order valence-electron chi connectivity index (χ0n) is 16.5. The van der Waals surface area contributed by atoms with Crippen LogP contribution < -0.4 is 5.32 Å². The maximum Gasteiger partial charge on any atom is 0.357 e.